The van der Waals surface area contributed by atoms with Crippen molar-refractivity contribution in [2.24, 2.45) is 5.92 Å². The van der Waals surface area contributed by atoms with Gasteiger partial charge in [-0.2, -0.15) is 5.26 Å². The third-order valence-corrected chi connectivity index (χ3v) is 7.86. The highest BCUT2D eigenvalue weighted by molar-refractivity contribution is 5.56. The Morgan fingerprint density at radius 3 is 2.69 bits per heavy atom. The number of aromatic nitrogens is 1. The minimum Gasteiger partial charge on any atom is -0.375 e. The van der Waals surface area contributed by atoms with Crippen molar-refractivity contribution in [3.63, 3.8) is 0 Å². The van der Waals surface area contributed by atoms with Gasteiger partial charge in [-0.05, 0) is 62.4 Å². The Kier molecular flexibility index (Phi) is 6.17. The second-order valence-corrected chi connectivity index (χ2v) is 9.95. The van der Waals surface area contributed by atoms with Crippen molar-refractivity contribution in [1.29, 1.82) is 5.26 Å². The third kappa shape index (κ3) is 4.27. The van der Waals surface area contributed by atoms with E-state index in [1.54, 1.807) is 0 Å². The average Bonchev–Trinajstić information content (AvgIpc) is 3.25. The Hall–Kier alpha value is -2.42. The fraction of sp³-hybridized carbons (Fsp3) is 0.556. The molecule has 2 aromatic rings. The van der Waals surface area contributed by atoms with Gasteiger partial charge in [0.05, 0.1) is 17.6 Å². The first-order valence-corrected chi connectivity index (χ1v) is 12.2. The molecule has 1 aliphatic carbocycles. The molecule has 0 bridgehead atoms. The molecule has 168 valence electrons. The first-order chi connectivity index (χ1) is 15.7. The van der Waals surface area contributed by atoms with Gasteiger partial charge in [-0.15, -0.1) is 0 Å². The van der Waals surface area contributed by atoms with Crippen molar-refractivity contribution in [1.82, 2.24) is 10.3 Å². The zero-order valence-corrected chi connectivity index (χ0v) is 18.9. The van der Waals surface area contributed by atoms with Crippen LogP contribution in [0.25, 0.3) is 0 Å². The summed E-state index contributed by atoms with van der Waals surface area (Å²) in [7, 11) is 0. The van der Waals surface area contributed by atoms with E-state index in [4.69, 9.17) is 15.0 Å². The van der Waals surface area contributed by atoms with E-state index in [9.17, 15) is 0 Å². The molecular formula is C27H34N4O. The highest BCUT2D eigenvalue weighted by atomic mass is 16.5. The first kappa shape index (κ1) is 21.4. The Bertz CT molecular complexity index is 944. The quantitative estimate of drug-likeness (QED) is 0.652. The van der Waals surface area contributed by atoms with Crippen molar-refractivity contribution in [3.05, 3.63) is 59.9 Å². The van der Waals surface area contributed by atoms with Crippen molar-refractivity contribution in [3.8, 4) is 6.07 Å². The van der Waals surface area contributed by atoms with Crippen LogP contribution >= 0.6 is 0 Å². The molecule has 2 saturated heterocycles. The number of nitrogens with zero attached hydrogens (tertiary/aromatic N) is 3. The molecule has 1 unspecified atom stereocenters. The van der Waals surface area contributed by atoms with Crippen LogP contribution in [-0.2, 0) is 16.7 Å². The van der Waals surface area contributed by atoms with Gasteiger partial charge in [0, 0.05) is 49.2 Å². The van der Waals surface area contributed by atoms with E-state index >= 15 is 0 Å². The lowest BCUT2D eigenvalue weighted by molar-refractivity contribution is -0.104. The lowest BCUT2D eigenvalue weighted by Crippen LogP contribution is -2.47. The fourth-order valence-corrected chi connectivity index (χ4v) is 6.07. The van der Waals surface area contributed by atoms with Gasteiger partial charge in [0.25, 0.3) is 0 Å². The number of hydrogen-bond acceptors (Lipinski definition) is 5. The van der Waals surface area contributed by atoms with Gasteiger partial charge in [0.2, 0.25) is 0 Å². The van der Waals surface area contributed by atoms with Crippen molar-refractivity contribution in [2.45, 2.75) is 62.5 Å². The number of ether oxygens (including phenoxy) is 1. The number of rotatable bonds is 7. The zero-order chi connectivity index (χ0) is 21.9. The van der Waals surface area contributed by atoms with E-state index in [2.05, 4.69) is 52.7 Å². The highest BCUT2D eigenvalue weighted by Gasteiger charge is 2.48. The summed E-state index contributed by atoms with van der Waals surface area (Å²) in [5, 5.41) is 12.8. The topological polar surface area (TPSA) is 61.2 Å². The molecule has 5 nitrogen and oxygen atoms in total. The Morgan fingerprint density at radius 1 is 1.09 bits per heavy atom. The molecular weight excluding hydrogens is 396 g/mol. The maximum atomic E-state index is 9.11. The SMILES string of the molecule is N#CC1CN(c2ccccc2CNCCC2(c3ccccn3)CCOC3(CCCC3)C2)C1. The van der Waals surface area contributed by atoms with Crippen LogP contribution in [0.1, 0.15) is 56.2 Å². The van der Waals surface area contributed by atoms with E-state index in [-0.39, 0.29) is 16.9 Å². The number of nitriles is 1. The van der Waals surface area contributed by atoms with Gasteiger partial charge in [-0.3, -0.25) is 4.98 Å². The van der Waals surface area contributed by atoms with E-state index in [1.165, 1.54) is 42.6 Å². The predicted octanol–water partition coefficient (Wildman–Crippen LogP) is 4.58. The lowest BCUT2D eigenvalue weighted by atomic mass is 9.68. The molecule has 1 aromatic heterocycles. The van der Waals surface area contributed by atoms with Crippen LogP contribution in [0.2, 0.25) is 0 Å². The van der Waals surface area contributed by atoms with Crippen molar-refractivity contribution in [2.75, 3.05) is 31.1 Å². The second-order valence-electron chi connectivity index (χ2n) is 9.95. The second kappa shape index (κ2) is 9.21. The Labute approximate surface area is 191 Å². The van der Waals surface area contributed by atoms with Crippen LogP contribution in [0, 0.1) is 17.2 Å². The van der Waals surface area contributed by atoms with Gasteiger partial charge in [-0.1, -0.05) is 37.1 Å². The molecule has 5 heteroatoms. The molecule has 1 atom stereocenters. The summed E-state index contributed by atoms with van der Waals surface area (Å²) in [6.45, 7) is 4.34. The molecule has 1 aromatic carbocycles. The van der Waals surface area contributed by atoms with Crippen LogP contribution in [0.5, 0.6) is 0 Å². The summed E-state index contributed by atoms with van der Waals surface area (Å²) in [6.07, 6.45) is 10.1. The molecule has 3 aliphatic rings. The molecule has 3 heterocycles. The lowest BCUT2D eigenvalue weighted by Gasteiger charge is -2.46. The highest BCUT2D eigenvalue weighted by Crippen LogP contribution is 2.49. The Morgan fingerprint density at radius 2 is 1.91 bits per heavy atom. The standard InChI is InChI=1S/C27H34N4O/c28-17-22-19-31(20-22)24-8-2-1-7-23(24)18-29-15-12-26(25-9-3-6-14-30-25)13-16-32-27(21-26)10-4-5-11-27/h1-3,6-9,14,22,29H,4-5,10-13,15-16,18-21H2. The molecule has 32 heavy (non-hydrogen) atoms. The van der Waals surface area contributed by atoms with Crippen LogP contribution in [0.15, 0.2) is 48.7 Å². The molecule has 1 spiro atoms. The number of pyridine rings is 1. The summed E-state index contributed by atoms with van der Waals surface area (Å²) < 4.78 is 6.38. The first-order valence-electron chi connectivity index (χ1n) is 12.2. The smallest absolute Gasteiger partial charge is 0.0813 e. The number of anilines is 1. The molecule has 5 rings (SSSR count). The molecule has 1 saturated carbocycles. The largest absolute Gasteiger partial charge is 0.375 e. The molecule has 2 aliphatic heterocycles. The van der Waals surface area contributed by atoms with Gasteiger partial charge in [0.1, 0.15) is 0 Å². The molecule has 0 radical (unpaired) electrons. The van der Waals surface area contributed by atoms with Gasteiger partial charge < -0.3 is 15.0 Å². The molecule has 1 N–H and O–H groups in total. The van der Waals surface area contributed by atoms with Crippen LogP contribution in [0.3, 0.4) is 0 Å². The maximum absolute atomic E-state index is 9.11. The van der Waals surface area contributed by atoms with Crippen molar-refractivity contribution >= 4 is 5.69 Å². The third-order valence-electron chi connectivity index (χ3n) is 7.86. The maximum Gasteiger partial charge on any atom is 0.0813 e. The minimum absolute atomic E-state index is 0.0666. The fourth-order valence-electron chi connectivity index (χ4n) is 6.07. The van der Waals surface area contributed by atoms with E-state index in [1.807, 2.05) is 12.3 Å². The summed E-state index contributed by atoms with van der Waals surface area (Å²) in [6, 6.07) is 17.3. The molecule has 3 fully saturated rings. The number of para-hydroxylation sites is 1. The number of hydrogen-bond donors (Lipinski definition) is 1. The zero-order valence-electron chi connectivity index (χ0n) is 18.9. The average molecular weight is 431 g/mol. The van der Waals surface area contributed by atoms with Crippen LogP contribution in [0.4, 0.5) is 5.69 Å². The monoisotopic (exact) mass is 430 g/mol. The summed E-state index contributed by atoms with van der Waals surface area (Å²) in [5.41, 5.74) is 3.97. The van der Waals surface area contributed by atoms with E-state index < -0.39 is 0 Å². The normalized spacial score (nSPS) is 24.9. The van der Waals surface area contributed by atoms with Crippen LogP contribution < -0.4 is 10.2 Å². The summed E-state index contributed by atoms with van der Waals surface area (Å²) in [5.74, 6) is 0.172. The predicted molar refractivity (Wildman–Crippen MR) is 126 cm³/mol. The number of benzene rings is 1. The van der Waals surface area contributed by atoms with Crippen molar-refractivity contribution < 1.29 is 4.74 Å². The minimum atomic E-state index is 0.0666. The van der Waals surface area contributed by atoms with Crippen LogP contribution in [-0.4, -0.2) is 36.8 Å². The summed E-state index contributed by atoms with van der Waals surface area (Å²) in [4.78, 5) is 7.14. The van der Waals surface area contributed by atoms with Gasteiger partial charge in [0.15, 0.2) is 0 Å². The van der Waals surface area contributed by atoms with E-state index in [0.717, 1.165) is 52.0 Å². The Balaban J connectivity index is 1.25. The van der Waals surface area contributed by atoms with Gasteiger partial charge >= 0.3 is 0 Å². The summed E-state index contributed by atoms with van der Waals surface area (Å²) >= 11 is 0. The number of nitrogens with one attached hydrogen (secondary N) is 1. The van der Waals surface area contributed by atoms with E-state index in [0.29, 0.717) is 0 Å². The molecule has 0 amide bonds. The van der Waals surface area contributed by atoms with Gasteiger partial charge in [-0.25, -0.2) is 0 Å².